The van der Waals surface area contributed by atoms with Crippen LogP contribution in [-0.4, -0.2) is 76.7 Å². The van der Waals surface area contributed by atoms with Crippen LogP contribution in [-0.2, 0) is 47.6 Å². The van der Waals surface area contributed by atoms with Gasteiger partial charge in [0.15, 0.2) is 0 Å². The summed E-state index contributed by atoms with van der Waals surface area (Å²) >= 11 is 0. The van der Waals surface area contributed by atoms with Crippen LogP contribution in [0.5, 0.6) is 0 Å². The summed E-state index contributed by atoms with van der Waals surface area (Å²) in [6.45, 7) is 22.5. The lowest BCUT2D eigenvalue weighted by Crippen LogP contribution is -2.31. The summed E-state index contributed by atoms with van der Waals surface area (Å²) < 4.78 is 29.8. The van der Waals surface area contributed by atoms with E-state index in [0.717, 1.165) is 0 Å². The molecule has 0 rings (SSSR count). The molecule has 0 N–H and O–H groups in total. The topological polar surface area (TPSA) is 124 Å². The molecule has 37 heavy (non-hydrogen) atoms. The molecule has 0 fully saturated rings. The second kappa shape index (κ2) is 23.2. The third-order valence-corrected chi connectivity index (χ3v) is 4.39. The molecule has 0 saturated carbocycles. The van der Waals surface area contributed by atoms with E-state index in [9.17, 15) is 19.2 Å². The van der Waals surface area contributed by atoms with E-state index in [1.165, 1.54) is 13.0 Å². The van der Waals surface area contributed by atoms with Crippen molar-refractivity contribution < 1.29 is 47.6 Å². The van der Waals surface area contributed by atoms with Crippen LogP contribution >= 0.6 is 0 Å². The van der Waals surface area contributed by atoms with Gasteiger partial charge in [-0.1, -0.05) is 45.7 Å². The quantitative estimate of drug-likeness (QED) is 0.0813. The van der Waals surface area contributed by atoms with Crippen LogP contribution in [0.4, 0.5) is 0 Å². The van der Waals surface area contributed by atoms with Gasteiger partial charge in [0, 0.05) is 11.1 Å². The highest BCUT2D eigenvalue weighted by molar-refractivity contribution is 5.87. The summed E-state index contributed by atoms with van der Waals surface area (Å²) in [5.74, 6) is -3.14. The lowest BCUT2D eigenvalue weighted by Gasteiger charge is -2.19. The molecular weight excluding hydrogens is 484 g/mol. The number of hydrogen-bond donors (Lipinski definition) is 0. The molecule has 0 spiro atoms. The minimum absolute atomic E-state index is 0.0537. The molecule has 0 aromatic rings. The van der Waals surface area contributed by atoms with Crippen molar-refractivity contribution in [1.82, 2.24) is 0 Å². The Balaban J connectivity index is 0. The Morgan fingerprint density at radius 3 is 1.62 bits per heavy atom. The molecule has 0 heterocycles. The van der Waals surface area contributed by atoms with Gasteiger partial charge in [-0.2, -0.15) is 0 Å². The first-order chi connectivity index (χ1) is 17.5. The van der Waals surface area contributed by atoms with Gasteiger partial charge in [-0.25, -0.2) is 9.59 Å². The number of rotatable bonds is 19. The van der Waals surface area contributed by atoms with Crippen molar-refractivity contribution in [3.63, 3.8) is 0 Å². The third-order valence-electron chi connectivity index (χ3n) is 4.39. The molecule has 0 aromatic carbocycles. The first-order valence-electron chi connectivity index (χ1n) is 11.9. The molecule has 10 nitrogen and oxygen atoms in total. The molecule has 210 valence electrons. The Hall–Kier alpha value is -3.24. The van der Waals surface area contributed by atoms with E-state index in [0.29, 0.717) is 38.4 Å². The highest BCUT2D eigenvalue weighted by Crippen LogP contribution is 2.19. The van der Waals surface area contributed by atoms with E-state index in [-0.39, 0.29) is 38.0 Å². The Morgan fingerprint density at radius 1 is 0.676 bits per heavy atom. The van der Waals surface area contributed by atoms with Gasteiger partial charge in [0.2, 0.25) is 0 Å². The van der Waals surface area contributed by atoms with Gasteiger partial charge in [-0.05, 0) is 20.3 Å². The monoisotopic (exact) mass is 526 g/mol. The Labute approximate surface area is 220 Å². The number of ether oxygens (including phenoxy) is 6. The number of carbonyl (C=O) groups is 4. The van der Waals surface area contributed by atoms with Gasteiger partial charge in [0.05, 0.1) is 38.3 Å². The maximum absolute atomic E-state index is 11.9. The summed E-state index contributed by atoms with van der Waals surface area (Å²) in [6.07, 6.45) is 3.59. The zero-order chi connectivity index (χ0) is 28.6. The SMILES string of the molecule is C=CCOC(=O)C(CC)C(C)C(=O)OCCOC(=O)C(=C)C.C=CCOCCOCCOC(=O)C(=C)C. The molecular formula is C27H42O10. The molecule has 0 amide bonds. The average molecular weight is 527 g/mol. The largest absolute Gasteiger partial charge is 0.462 e. The van der Waals surface area contributed by atoms with Crippen molar-refractivity contribution in [3.05, 3.63) is 49.6 Å². The van der Waals surface area contributed by atoms with Crippen molar-refractivity contribution in [2.24, 2.45) is 11.8 Å². The van der Waals surface area contributed by atoms with Crippen molar-refractivity contribution in [3.8, 4) is 0 Å². The fourth-order valence-corrected chi connectivity index (χ4v) is 2.37. The Bertz CT molecular complexity index is 756. The third kappa shape index (κ3) is 19.6. The first kappa shape index (κ1) is 35.9. The van der Waals surface area contributed by atoms with Crippen LogP contribution in [0.2, 0.25) is 0 Å². The summed E-state index contributed by atoms with van der Waals surface area (Å²) in [5, 5.41) is 0. The van der Waals surface area contributed by atoms with E-state index in [4.69, 9.17) is 28.4 Å². The summed E-state index contributed by atoms with van der Waals surface area (Å²) in [4.78, 5) is 45.7. The zero-order valence-electron chi connectivity index (χ0n) is 22.6. The van der Waals surface area contributed by atoms with Crippen molar-refractivity contribution >= 4 is 23.9 Å². The van der Waals surface area contributed by atoms with Crippen LogP contribution < -0.4 is 0 Å². The van der Waals surface area contributed by atoms with E-state index < -0.39 is 29.7 Å². The number of carbonyl (C=O) groups excluding carboxylic acids is 4. The maximum Gasteiger partial charge on any atom is 0.333 e. The molecule has 2 atom stereocenters. The van der Waals surface area contributed by atoms with Gasteiger partial charge in [0.25, 0.3) is 0 Å². The standard InChI is InChI=1S/C16H24O6.C11H18O4/c1-6-8-20-16(19)13(7-2)12(5)15(18)22-10-9-21-14(17)11(3)4;1-4-5-13-6-7-14-8-9-15-11(12)10(2)3/h6,12-13H,1,3,7-10H2,2,4-5H3;4H,1-2,5-9H2,3H3. The fraction of sp³-hybridized carbons (Fsp3) is 0.556. The molecule has 0 aliphatic rings. The minimum Gasteiger partial charge on any atom is -0.462 e. The van der Waals surface area contributed by atoms with Crippen LogP contribution in [0.3, 0.4) is 0 Å². The highest BCUT2D eigenvalue weighted by Gasteiger charge is 2.31. The summed E-state index contributed by atoms with van der Waals surface area (Å²) in [5.41, 5.74) is 0.667. The normalized spacial score (nSPS) is 11.5. The van der Waals surface area contributed by atoms with Crippen molar-refractivity contribution in [1.29, 1.82) is 0 Å². The van der Waals surface area contributed by atoms with E-state index >= 15 is 0 Å². The highest BCUT2D eigenvalue weighted by atomic mass is 16.6. The van der Waals surface area contributed by atoms with Crippen molar-refractivity contribution in [2.45, 2.75) is 34.1 Å². The van der Waals surface area contributed by atoms with Crippen molar-refractivity contribution in [2.75, 3.05) is 52.9 Å². The second-order valence-electron chi connectivity index (χ2n) is 7.70. The van der Waals surface area contributed by atoms with E-state index in [2.05, 4.69) is 26.3 Å². The van der Waals surface area contributed by atoms with Crippen LogP contribution in [0.1, 0.15) is 34.1 Å². The van der Waals surface area contributed by atoms with E-state index in [1.54, 1.807) is 26.8 Å². The van der Waals surface area contributed by atoms with Gasteiger partial charge in [0.1, 0.15) is 26.4 Å². The molecule has 0 aliphatic heterocycles. The number of hydrogen-bond acceptors (Lipinski definition) is 10. The first-order valence-corrected chi connectivity index (χ1v) is 11.9. The van der Waals surface area contributed by atoms with Crippen LogP contribution in [0, 0.1) is 11.8 Å². The van der Waals surface area contributed by atoms with Gasteiger partial charge >= 0.3 is 23.9 Å². The lowest BCUT2D eigenvalue weighted by atomic mass is 9.92. The molecule has 0 saturated heterocycles. The van der Waals surface area contributed by atoms with Crippen LogP contribution in [0.15, 0.2) is 49.6 Å². The average Bonchev–Trinajstić information content (AvgIpc) is 2.86. The Kier molecular flexibility index (Phi) is 22.5. The van der Waals surface area contributed by atoms with Gasteiger partial charge < -0.3 is 28.4 Å². The second-order valence-corrected chi connectivity index (χ2v) is 7.70. The predicted octanol–water partition coefficient (Wildman–Crippen LogP) is 3.37. The molecule has 2 unspecified atom stereocenters. The molecule has 0 bridgehead atoms. The molecule has 0 aromatic heterocycles. The smallest absolute Gasteiger partial charge is 0.333 e. The minimum atomic E-state index is -0.640. The zero-order valence-corrected chi connectivity index (χ0v) is 22.6. The van der Waals surface area contributed by atoms with Gasteiger partial charge in [-0.15, -0.1) is 6.58 Å². The number of esters is 4. The predicted molar refractivity (Wildman–Crippen MR) is 138 cm³/mol. The molecule has 10 heteroatoms. The van der Waals surface area contributed by atoms with Crippen LogP contribution in [0.25, 0.3) is 0 Å². The van der Waals surface area contributed by atoms with Gasteiger partial charge in [-0.3, -0.25) is 9.59 Å². The maximum atomic E-state index is 11.9. The fourth-order valence-electron chi connectivity index (χ4n) is 2.37. The lowest BCUT2D eigenvalue weighted by molar-refractivity contribution is -0.161. The Morgan fingerprint density at radius 2 is 1.14 bits per heavy atom. The summed E-state index contributed by atoms with van der Waals surface area (Å²) in [7, 11) is 0. The summed E-state index contributed by atoms with van der Waals surface area (Å²) in [6, 6.07) is 0. The molecule has 0 radical (unpaired) electrons. The van der Waals surface area contributed by atoms with E-state index in [1.807, 2.05) is 0 Å². The molecule has 0 aliphatic carbocycles.